The fraction of sp³-hybridized carbons (Fsp3) is 0.294. The summed E-state index contributed by atoms with van der Waals surface area (Å²) in [6.45, 7) is 1.93. The number of aromatic carboxylic acids is 1. The van der Waals surface area contributed by atoms with Crippen molar-refractivity contribution >= 4 is 5.97 Å². The van der Waals surface area contributed by atoms with Crippen LogP contribution in [-0.4, -0.2) is 22.2 Å². The van der Waals surface area contributed by atoms with E-state index in [2.05, 4.69) is 0 Å². The third kappa shape index (κ3) is 3.90. The molecule has 0 aliphatic carbocycles. The van der Waals surface area contributed by atoms with Crippen LogP contribution in [0.2, 0.25) is 0 Å². The number of carboxylic acid groups (broad SMARTS) is 1. The first kappa shape index (κ1) is 18.7. The van der Waals surface area contributed by atoms with E-state index in [9.17, 15) is 27.9 Å². The monoisotopic (exact) mass is 354 g/mol. The number of aryl methyl sites for hydroxylation is 1. The Morgan fingerprint density at radius 1 is 1.28 bits per heavy atom. The van der Waals surface area contributed by atoms with Gasteiger partial charge >= 0.3 is 12.1 Å². The molecule has 0 radical (unpaired) electrons. The van der Waals surface area contributed by atoms with Crippen LogP contribution < -0.4 is 11.3 Å². The number of hydrogen-bond donors (Lipinski definition) is 2. The number of carbonyl (C=O) groups is 1. The quantitative estimate of drug-likeness (QED) is 0.865. The van der Waals surface area contributed by atoms with E-state index in [0.29, 0.717) is 30.6 Å². The maximum atomic E-state index is 12.9. The predicted molar refractivity (Wildman–Crippen MR) is 86.1 cm³/mol. The average Bonchev–Trinajstić information content (AvgIpc) is 2.53. The highest BCUT2D eigenvalue weighted by molar-refractivity contribution is 5.87. The third-order valence-corrected chi connectivity index (χ3v) is 3.86. The second kappa shape index (κ2) is 7.10. The maximum absolute atomic E-state index is 12.9. The van der Waals surface area contributed by atoms with Crippen molar-refractivity contribution in [2.45, 2.75) is 25.9 Å². The van der Waals surface area contributed by atoms with Gasteiger partial charge in [-0.15, -0.1) is 0 Å². The smallest absolute Gasteiger partial charge is 0.416 e. The number of pyridine rings is 1. The molecule has 8 heteroatoms. The minimum Gasteiger partial charge on any atom is -0.477 e. The van der Waals surface area contributed by atoms with E-state index in [0.717, 1.165) is 16.7 Å². The van der Waals surface area contributed by atoms with Crippen LogP contribution in [-0.2, 0) is 12.6 Å². The lowest BCUT2D eigenvalue weighted by Crippen LogP contribution is -2.28. The number of benzene rings is 1. The zero-order chi connectivity index (χ0) is 18.8. The van der Waals surface area contributed by atoms with Gasteiger partial charge in [0.05, 0.1) is 5.56 Å². The Morgan fingerprint density at radius 3 is 2.52 bits per heavy atom. The molecule has 134 valence electrons. The molecule has 0 atom stereocenters. The van der Waals surface area contributed by atoms with E-state index in [-0.39, 0.29) is 5.69 Å². The average molecular weight is 354 g/mol. The summed E-state index contributed by atoms with van der Waals surface area (Å²) in [6, 6.07) is 5.49. The molecule has 0 amide bonds. The molecule has 25 heavy (non-hydrogen) atoms. The fourth-order valence-electron chi connectivity index (χ4n) is 2.59. The van der Waals surface area contributed by atoms with Crippen LogP contribution >= 0.6 is 0 Å². The zero-order valence-electron chi connectivity index (χ0n) is 13.4. The van der Waals surface area contributed by atoms with Gasteiger partial charge in [0.2, 0.25) is 0 Å². The highest BCUT2D eigenvalue weighted by Crippen LogP contribution is 2.30. The molecule has 1 aromatic heterocycles. The second-order valence-corrected chi connectivity index (χ2v) is 5.55. The van der Waals surface area contributed by atoms with Crippen molar-refractivity contribution in [3.05, 3.63) is 63.1 Å². The van der Waals surface area contributed by atoms with Crippen LogP contribution in [0.25, 0.3) is 5.69 Å². The molecule has 0 fully saturated rings. The number of hydrogen-bond acceptors (Lipinski definition) is 3. The standard InChI is InChI=1S/C17H17F3N2O3/c1-10-11(4-3-7-21)8-14(16(24)25)15(23)22(10)13-6-2-5-12(9-13)17(18,19)20/h2,5-6,8-9H,3-4,7,21H2,1H3,(H,24,25). The maximum Gasteiger partial charge on any atom is 0.416 e. The molecule has 5 nitrogen and oxygen atoms in total. The van der Waals surface area contributed by atoms with Crippen molar-refractivity contribution in [1.29, 1.82) is 0 Å². The molecule has 3 N–H and O–H groups in total. The molecular formula is C17H17F3N2O3. The molecule has 0 spiro atoms. The van der Waals surface area contributed by atoms with Crippen LogP contribution in [0.3, 0.4) is 0 Å². The normalized spacial score (nSPS) is 11.6. The molecule has 0 saturated heterocycles. The minimum atomic E-state index is -4.57. The topological polar surface area (TPSA) is 85.3 Å². The van der Waals surface area contributed by atoms with Gasteiger partial charge in [0, 0.05) is 11.4 Å². The first-order valence-electron chi connectivity index (χ1n) is 7.53. The number of halogens is 3. The van der Waals surface area contributed by atoms with Gasteiger partial charge in [0.15, 0.2) is 0 Å². The van der Waals surface area contributed by atoms with Crippen molar-refractivity contribution in [3.63, 3.8) is 0 Å². The number of aromatic nitrogens is 1. The van der Waals surface area contributed by atoms with Crippen LogP contribution in [0.15, 0.2) is 35.1 Å². The summed E-state index contributed by atoms with van der Waals surface area (Å²) < 4.78 is 39.8. The molecule has 2 aromatic rings. The van der Waals surface area contributed by atoms with E-state index in [1.807, 2.05) is 0 Å². The SMILES string of the molecule is Cc1c(CCCN)cc(C(=O)O)c(=O)n1-c1cccc(C(F)(F)F)c1. The molecule has 0 aliphatic heterocycles. The van der Waals surface area contributed by atoms with Crippen LogP contribution in [0.4, 0.5) is 13.2 Å². The molecule has 2 rings (SSSR count). The molecule has 0 bridgehead atoms. The zero-order valence-corrected chi connectivity index (χ0v) is 13.4. The Kier molecular flexibility index (Phi) is 5.32. The number of nitrogens with two attached hydrogens (primary N) is 1. The number of alkyl halides is 3. The number of nitrogens with zero attached hydrogens (tertiary/aromatic N) is 1. The molecular weight excluding hydrogens is 337 g/mol. The van der Waals surface area contributed by atoms with E-state index in [1.54, 1.807) is 6.92 Å². The van der Waals surface area contributed by atoms with E-state index < -0.39 is 28.8 Å². The summed E-state index contributed by atoms with van der Waals surface area (Å²) in [5, 5.41) is 9.24. The summed E-state index contributed by atoms with van der Waals surface area (Å²) >= 11 is 0. The van der Waals surface area contributed by atoms with Gasteiger partial charge in [-0.1, -0.05) is 6.07 Å². The van der Waals surface area contributed by atoms with Crippen molar-refractivity contribution < 1.29 is 23.1 Å². The summed E-state index contributed by atoms with van der Waals surface area (Å²) in [4.78, 5) is 23.8. The Balaban J connectivity index is 2.74. The lowest BCUT2D eigenvalue weighted by Gasteiger charge is -2.17. The predicted octanol–water partition coefficient (Wildman–Crippen LogP) is 2.75. The molecule has 0 aliphatic rings. The summed E-state index contributed by atoms with van der Waals surface area (Å²) in [7, 11) is 0. The van der Waals surface area contributed by atoms with Gasteiger partial charge in [-0.2, -0.15) is 13.2 Å². The largest absolute Gasteiger partial charge is 0.477 e. The molecule has 0 unspecified atom stereocenters. The molecule has 1 aromatic carbocycles. The van der Waals surface area contributed by atoms with Gasteiger partial charge in [-0.25, -0.2) is 4.79 Å². The van der Waals surface area contributed by atoms with Gasteiger partial charge in [0.1, 0.15) is 5.56 Å². The third-order valence-electron chi connectivity index (χ3n) is 3.86. The van der Waals surface area contributed by atoms with Crippen molar-refractivity contribution in [1.82, 2.24) is 4.57 Å². The first-order valence-corrected chi connectivity index (χ1v) is 7.53. The van der Waals surface area contributed by atoms with Crippen LogP contribution in [0.5, 0.6) is 0 Å². The van der Waals surface area contributed by atoms with Gasteiger partial charge in [-0.05, 0) is 56.1 Å². The van der Waals surface area contributed by atoms with E-state index in [4.69, 9.17) is 5.73 Å². The van der Waals surface area contributed by atoms with Gasteiger partial charge in [-0.3, -0.25) is 9.36 Å². The van der Waals surface area contributed by atoms with Crippen molar-refractivity contribution in [3.8, 4) is 5.69 Å². The highest BCUT2D eigenvalue weighted by atomic mass is 19.4. The first-order chi connectivity index (χ1) is 11.7. The van der Waals surface area contributed by atoms with Crippen LogP contribution in [0, 0.1) is 6.92 Å². The number of rotatable bonds is 5. The Hall–Kier alpha value is -2.61. The van der Waals surface area contributed by atoms with Gasteiger partial charge < -0.3 is 10.8 Å². The lowest BCUT2D eigenvalue weighted by molar-refractivity contribution is -0.137. The Bertz CT molecular complexity index is 857. The van der Waals surface area contributed by atoms with Crippen molar-refractivity contribution in [2.24, 2.45) is 5.73 Å². The summed E-state index contributed by atoms with van der Waals surface area (Å²) in [5.74, 6) is -1.43. The fourth-order valence-corrected chi connectivity index (χ4v) is 2.59. The van der Waals surface area contributed by atoms with Crippen LogP contribution in [0.1, 0.15) is 33.6 Å². The summed E-state index contributed by atoms with van der Waals surface area (Å²) in [6.07, 6.45) is -3.59. The van der Waals surface area contributed by atoms with E-state index >= 15 is 0 Å². The second-order valence-electron chi connectivity index (χ2n) is 5.55. The lowest BCUT2D eigenvalue weighted by atomic mass is 10.0. The minimum absolute atomic E-state index is 0.0329. The number of carboxylic acids is 1. The summed E-state index contributed by atoms with van der Waals surface area (Å²) in [5.41, 5.74) is 4.09. The Labute approximate surface area is 141 Å². The highest BCUT2D eigenvalue weighted by Gasteiger charge is 2.31. The molecule has 0 saturated carbocycles. The van der Waals surface area contributed by atoms with Gasteiger partial charge in [0.25, 0.3) is 5.56 Å². The van der Waals surface area contributed by atoms with Crippen molar-refractivity contribution in [2.75, 3.05) is 6.54 Å². The molecule has 1 heterocycles. The Morgan fingerprint density at radius 2 is 1.96 bits per heavy atom. The van der Waals surface area contributed by atoms with E-state index in [1.165, 1.54) is 18.2 Å².